The van der Waals surface area contributed by atoms with Gasteiger partial charge in [-0.2, -0.15) is 0 Å². The Bertz CT molecular complexity index is 413. The molecule has 2 rings (SSSR count). The van der Waals surface area contributed by atoms with Crippen LogP contribution in [0.1, 0.15) is 18.1 Å². The largest absolute Gasteiger partial charge is 0.444 e. The van der Waals surface area contributed by atoms with Crippen LogP contribution in [0.5, 0.6) is 0 Å². The summed E-state index contributed by atoms with van der Waals surface area (Å²) in [5.74, 6) is 1.01. The van der Waals surface area contributed by atoms with E-state index in [1.54, 1.807) is 18.0 Å². The van der Waals surface area contributed by atoms with Gasteiger partial charge < -0.3 is 14.6 Å². The molecule has 0 atom stereocenters. The maximum Gasteiger partial charge on any atom is 0.242 e. The zero-order valence-electron chi connectivity index (χ0n) is 9.02. The molecule has 1 N–H and O–H groups in total. The third-order valence-corrected chi connectivity index (χ3v) is 2.39. The van der Waals surface area contributed by atoms with Crippen molar-refractivity contribution in [3.8, 4) is 0 Å². The number of hydrogen-bond donors (Lipinski definition) is 1. The van der Waals surface area contributed by atoms with Gasteiger partial charge in [0.2, 0.25) is 17.7 Å². The maximum atomic E-state index is 11.6. The second-order valence-corrected chi connectivity index (χ2v) is 3.71. The predicted molar refractivity (Wildman–Crippen MR) is 54.3 cm³/mol. The quantitative estimate of drug-likeness (QED) is 0.755. The van der Waals surface area contributed by atoms with Gasteiger partial charge in [0.25, 0.3) is 0 Å². The molecular weight excluding hydrogens is 210 g/mol. The normalized spacial score (nSPS) is 17.2. The molecule has 0 saturated carbocycles. The van der Waals surface area contributed by atoms with Crippen molar-refractivity contribution in [1.29, 1.82) is 0 Å². The molecule has 0 unspecified atom stereocenters. The van der Waals surface area contributed by atoms with Crippen LogP contribution in [-0.4, -0.2) is 34.8 Å². The van der Waals surface area contributed by atoms with Gasteiger partial charge in [0, 0.05) is 13.0 Å². The first-order valence-electron chi connectivity index (χ1n) is 5.11. The zero-order valence-corrected chi connectivity index (χ0v) is 9.02. The predicted octanol–water partition coefficient (Wildman–Crippen LogP) is -0.168. The lowest BCUT2D eigenvalue weighted by Gasteiger charge is -2.17. The summed E-state index contributed by atoms with van der Waals surface area (Å²) in [6.45, 7) is 2.58. The van der Waals surface area contributed by atoms with Gasteiger partial charge >= 0.3 is 0 Å². The van der Waals surface area contributed by atoms with E-state index in [4.69, 9.17) is 4.42 Å². The molecule has 0 radical (unpaired) electrons. The molecule has 6 heteroatoms. The molecule has 1 fully saturated rings. The lowest BCUT2D eigenvalue weighted by atomic mass is 10.4. The molecule has 2 amide bonds. The van der Waals surface area contributed by atoms with Gasteiger partial charge in [0.1, 0.15) is 5.76 Å². The van der Waals surface area contributed by atoms with Crippen molar-refractivity contribution in [2.75, 3.05) is 13.1 Å². The topological polar surface area (TPSA) is 75.4 Å². The summed E-state index contributed by atoms with van der Waals surface area (Å²) in [5.41, 5.74) is 0. The average Bonchev–Trinajstić information content (AvgIpc) is 2.59. The first-order chi connectivity index (χ1) is 7.65. The van der Waals surface area contributed by atoms with E-state index in [-0.39, 0.29) is 18.4 Å². The standard InChI is InChI=1S/C10H13N3O3/c1-7-4-12-9(16-7)6-13-3-2-8(14)11-5-10(13)15/h4H,2-3,5-6H2,1H3,(H,11,14). The molecule has 0 spiro atoms. The number of aromatic nitrogens is 1. The molecule has 16 heavy (non-hydrogen) atoms. The maximum absolute atomic E-state index is 11.6. The van der Waals surface area contributed by atoms with E-state index in [2.05, 4.69) is 10.3 Å². The molecule has 0 aliphatic carbocycles. The summed E-state index contributed by atoms with van der Waals surface area (Å²) in [6, 6.07) is 0. The van der Waals surface area contributed by atoms with Crippen LogP contribution in [0, 0.1) is 6.92 Å². The minimum atomic E-state index is -0.110. The van der Waals surface area contributed by atoms with Crippen LogP contribution in [0.15, 0.2) is 10.6 Å². The second kappa shape index (κ2) is 4.34. The van der Waals surface area contributed by atoms with Crippen LogP contribution in [0.3, 0.4) is 0 Å². The summed E-state index contributed by atoms with van der Waals surface area (Å²) in [5, 5.41) is 2.53. The number of nitrogens with one attached hydrogen (secondary N) is 1. The Kier molecular flexibility index (Phi) is 2.89. The number of carbonyl (C=O) groups excluding carboxylic acids is 2. The third kappa shape index (κ3) is 2.39. The molecule has 1 saturated heterocycles. The van der Waals surface area contributed by atoms with E-state index in [9.17, 15) is 9.59 Å². The number of carbonyl (C=O) groups is 2. The molecule has 1 aromatic rings. The smallest absolute Gasteiger partial charge is 0.242 e. The van der Waals surface area contributed by atoms with Crippen molar-refractivity contribution in [2.24, 2.45) is 0 Å². The highest BCUT2D eigenvalue weighted by molar-refractivity contribution is 5.87. The highest BCUT2D eigenvalue weighted by atomic mass is 16.4. The molecule has 1 aromatic heterocycles. The van der Waals surface area contributed by atoms with E-state index >= 15 is 0 Å². The highest BCUT2D eigenvalue weighted by Crippen LogP contribution is 2.07. The number of nitrogens with zero attached hydrogens (tertiary/aromatic N) is 2. The Balaban J connectivity index is 2.02. The van der Waals surface area contributed by atoms with Crippen LogP contribution in [0.2, 0.25) is 0 Å². The van der Waals surface area contributed by atoms with Crippen LogP contribution in [0.25, 0.3) is 0 Å². The lowest BCUT2D eigenvalue weighted by Crippen LogP contribution is -2.34. The van der Waals surface area contributed by atoms with Gasteiger partial charge in [-0.05, 0) is 6.92 Å². The Labute approximate surface area is 92.6 Å². The highest BCUT2D eigenvalue weighted by Gasteiger charge is 2.21. The summed E-state index contributed by atoms with van der Waals surface area (Å²) in [6.07, 6.45) is 1.94. The summed E-state index contributed by atoms with van der Waals surface area (Å²) in [7, 11) is 0. The Hall–Kier alpha value is -1.85. The van der Waals surface area contributed by atoms with Crippen LogP contribution >= 0.6 is 0 Å². The van der Waals surface area contributed by atoms with Crippen molar-refractivity contribution in [3.63, 3.8) is 0 Å². The molecule has 1 aliphatic rings. The van der Waals surface area contributed by atoms with Crippen molar-refractivity contribution < 1.29 is 14.0 Å². The Morgan fingerprint density at radius 1 is 1.56 bits per heavy atom. The summed E-state index contributed by atoms with van der Waals surface area (Å²) < 4.78 is 5.29. The minimum Gasteiger partial charge on any atom is -0.444 e. The number of oxazole rings is 1. The number of hydrogen-bond acceptors (Lipinski definition) is 4. The van der Waals surface area contributed by atoms with Crippen LogP contribution < -0.4 is 5.32 Å². The number of amides is 2. The molecular formula is C10H13N3O3. The summed E-state index contributed by atoms with van der Waals surface area (Å²) >= 11 is 0. The SMILES string of the molecule is Cc1cnc(CN2CCC(=O)NCC2=O)o1. The summed E-state index contributed by atoms with van der Waals surface area (Å²) in [4.78, 5) is 28.3. The average molecular weight is 223 g/mol. The molecule has 2 heterocycles. The number of aryl methyl sites for hydroxylation is 1. The Morgan fingerprint density at radius 2 is 2.38 bits per heavy atom. The van der Waals surface area contributed by atoms with E-state index in [0.717, 1.165) is 0 Å². The molecule has 0 bridgehead atoms. The van der Waals surface area contributed by atoms with Gasteiger partial charge in [-0.1, -0.05) is 0 Å². The molecule has 1 aliphatic heterocycles. The fraction of sp³-hybridized carbons (Fsp3) is 0.500. The molecule has 86 valence electrons. The van der Waals surface area contributed by atoms with Gasteiger partial charge in [-0.25, -0.2) is 4.98 Å². The van der Waals surface area contributed by atoms with Crippen molar-refractivity contribution in [1.82, 2.24) is 15.2 Å². The Morgan fingerprint density at radius 3 is 3.06 bits per heavy atom. The van der Waals surface area contributed by atoms with Gasteiger partial charge in [-0.15, -0.1) is 0 Å². The van der Waals surface area contributed by atoms with E-state index in [0.29, 0.717) is 31.2 Å². The van der Waals surface area contributed by atoms with Gasteiger partial charge in [-0.3, -0.25) is 9.59 Å². The first-order valence-corrected chi connectivity index (χ1v) is 5.11. The monoisotopic (exact) mass is 223 g/mol. The third-order valence-electron chi connectivity index (χ3n) is 2.39. The van der Waals surface area contributed by atoms with Crippen molar-refractivity contribution in [2.45, 2.75) is 19.9 Å². The minimum absolute atomic E-state index is 0.0541. The van der Waals surface area contributed by atoms with Crippen molar-refractivity contribution >= 4 is 11.8 Å². The van der Waals surface area contributed by atoms with E-state index in [1.165, 1.54) is 0 Å². The second-order valence-electron chi connectivity index (χ2n) is 3.71. The lowest BCUT2D eigenvalue weighted by molar-refractivity contribution is -0.130. The van der Waals surface area contributed by atoms with Crippen LogP contribution in [0.4, 0.5) is 0 Å². The van der Waals surface area contributed by atoms with Gasteiger partial charge in [0.15, 0.2) is 0 Å². The van der Waals surface area contributed by atoms with E-state index in [1.807, 2.05) is 0 Å². The fourth-order valence-electron chi connectivity index (χ4n) is 1.54. The van der Waals surface area contributed by atoms with E-state index < -0.39 is 0 Å². The zero-order chi connectivity index (χ0) is 11.5. The fourth-order valence-corrected chi connectivity index (χ4v) is 1.54. The van der Waals surface area contributed by atoms with Gasteiger partial charge in [0.05, 0.1) is 19.3 Å². The van der Waals surface area contributed by atoms with Crippen LogP contribution in [-0.2, 0) is 16.1 Å². The molecule has 0 aromatic carbocycles. The first kappa shape index (κ1) is 10.7. The van der Waals surface area contributed by atoms with Crippen molar-refractivity contribution in [3.05, 3.63) is 17.8 Å². The molecule has 6 nitrogen and oxygen atoms in total. The number of rotatable bonds is 2.